The third-order valence-corrected chi connectivity index (χ3v) is 4.33. The highest BCUT2D eigenvalue weighted by molar-refractivity contribution is 5.81. The van der Waals surface area contributed by atoms with Gasteiger partial charge in [0.05, 0.1) is 19.8 Å². The van der Waals surface area contributed by atoms with Crippen molar-refractivity contribution in [2.75, 3.05) is 13.7 Å². The van der Waals surface area contributed by atoms with Crippen molar-refractivity contribution in [3.05, 3.63) is 65.7 Å². The van der Waals surface area contributed by atoms with Crippen molar-refractivity contribution >= 4 is 5.91 Å². The van der Waals surface area contributed by atoms with Crippen LogP contribution in [0.4, 0.5) is 0 Å². The molecule has 2 aromatic carbocycles. The summed E-state index contributed by atoms with van der Waals surface area (Å²) in [4.78, 5) is 14.4. The number of aliphatic hydroxyl groups excluding tert-OH is 1. The number of hydrogen-bond donors (Lipinski definition) is 1. The minimum atomic E-state index is -0.730. The van der Waals surface area contributed by atoms with Crippen LogP contribution in [0.25, 0.3) is 0 Å². The summed E-state index contributed by atoms with van der Waals surface area (Å²) in [5, 5.41) is 10.6. The van der Waals surface area contributed by atoms with Gasteiger partial charge in [-0.15, -0.1) is 0 Å². The number of nitrogens with zero attached hydrogens (tertiary/aromatic N) is 1. The van der Waals surface area contributed by atoms with E-state index in [1.807, 2.05) is 54.6 Å². The Hall–Kier alpha value is -2.33. The molecule has 1 atom stereocenters. The van der Waals surface area contributed by atoms with Crippen LogP contribution in [-0.2, 0) is 11.3 Å². The predicted octanol–water partition coefficient (Wildman–Crippen LogP) is 3.17. The van der Waals surface area contributed by atoms with Gasteiger partial charge in [0.2, 0.25) is 5.91 Å². The van der Waals surface area contributed by atoms with Gasteiger partial charge in [-0.3, -0.25) is 4.79 Å². The lowest BCUT2D eigenvalue weighted by Gasteiger charge is -2.26. The molecule has 0 spiro atoms. The van der Waals surface area contributed by atoms with Crippen LogP contribution < -0.4 is 4.74 Å². The van der Waals surface area contributed by atoms with Crippen LogP contribution in [0.5, 0.6) is 5.75 Å². The number of aliphatic hydroxyl groups is 1. The van der Waals surface area contributed by atoms with Gasteiger partial charge in [0.25, 0.3) is 0 Å². The summed E-state index contributed by atoms with van der Waals surface area (Å²) in [5.74, 6) is 0.974. The SMILES string of the molecule is COc1cccc(C(O)CN(Cc2ccccc2)C(=O)C2CC2)c1. The lowest BCUT2D eigenvalue weighted by molar-refractivity contribution is -0.134. The van der Waals surface area contributed by atoms with Crippen molar-refractivity contribution in [3.63, 3.8) is 0 Å². The van der Waals surface area contributed by atoms with Gasteiger partial charge in [-0.2, -0.15) is 0 Å². The molecule has 0 heterocycles. The molecule has 1 saturated carbocycles. The summed E-state index contributed by atoms with van der Waals surface area (Å²) >= 11 is 0. The van der Waals surface area contributed by atoms with E-state index in [1.54, 1.807) is 12.0 Å². The molecule has 2 aromatic rings. The van der Waals surface area contributed by atoms with Crippen LogP contribution in [0.1, 0.15) is 30.1 Å². The van der Waals surface area contributed by atoms with E-state index >= 15 is 0 Å². The average molecular weight is 325 g/mol. The highest BCUT2D eigenvalue weighted by Crippen LogP contribution is 2.32. The molecule has 0 aromatic heterocycles. The molecule has 3 rings (SSSR count). The molecule has 1 amide bonds. The summed E-state index contributed by atoms with van der Waals surface area (Å²) in [5.41, 5.74) is 1.83. The van der Waals surface area contributed by atoms with Crippen molar-refractivity contribution in [2.24, 2.45) is 5.92 Å². The molecule has 1 fully saturated rings. The van der Waals surface area contributed by atoms with Crippen LogP contribution in [-0.4, -0.2) is 29.6 Å². The summed E-state index contributed by atoms with van der Waals surface area (Å²) in [6.45, 7) is 0.814. The first-order valence-electron chi connectivity index (χ1n) is 8.32. The quantitative estimate of drug-likeness (QED) is 0.851. The monoisotopic (exact) mass is 325 g/mol. The lowest BCUT2D eigenvalue weighted by Crippen LogP contribution is -2.35. The second kappa shape index (κ2) is 7.49. The van der Waals surface area contributed by atoms with Crippen LogP contribution in [0.15, 0.2) is 54.6 Å². The van der Waals surface area contributed by atoms with E-state index in [9.17, 15) is 9.90 Å². The van der Waals surface area contributed by atoms with Gasteiger partial charge >= 0.3 is 0 Å². The molecule has 0 bridgehead atoms. The van der Waals surface area contributed by atoms with E-state index in [2.05, 4.69) is 0 Å². The number of ether oxygens (including phenoxy) is 1. The van der Waals surface area contributed by atoms with E-state index in [0.717, 1.165) is 24.0 Å². The minimum absolute atomic E-state index is 0.131. The summed E-state index contributed by atoms with van der Waals surface area (Å²) in [7, 11) is 1.60. The standard InChI is InChI=1S/C20H23NO3/c1-24-18-9-5-8-17(12-18)19(22)14-21(20(23)16-10-11-16)13-15-6-3-2-4-7-15/h2-9,12,16,19,22H,10-11,13-14H2,1H3. The first kappa shape index (κ1) is 16.5. The fourth-order valence-electron chi connectivity index (χ4n) is 2.79. The topological polar surface area (TPSA) is 49.8 Å². The summed E-state index contributed by atoms with van der Waals surface area (Å²) in [6.07, 6.45) is 1.19. The molecule has 1 aliphatic carbocycles. The smallest absolute Gasteiger partial charge is 0.226 e. The minimum Gasteiger partial charge on any atom is -0.497 e. The lowest BCUT2D eigenvalue weighted by atomic mass is 10.1. The Morgan fingerprint density at radius 1 is 1.21 bits per heavy atom. The van der Waals surface area contributed by atoms with Crippen molar-refractivity contribution in [1.82, 2.24) is 4.90 Å². The molecule has 4 heteroatoms. The van der Waals surface area contributed by atoms with Crippen LogP contribution in [0.2, 0.25) is 0 Å². The normalized spacial score (nSPS) is 14.9. The van der Waals surface area contributed by atoms with Gasteiger partial charge in [-0.1, -0.05) is 42.5 Å². The van der Waals surface area contributed by atoms with E-state index in [1.165, 1.54) is 0 Å². The maximum absolute atomic E-state index is 12.6. The zero-order valence-corrected chi connectivity index (χ0v) is 13.9. The van der Waals surface area contributed by atoms with E-state index < -0.39 is 6.10 Å². The Morgan fingerprint density at radius 3 is 2.62 bits per heavy atom. The first-order chi connectivity index (χ1) is 11.7. The third kappa shape index (κ3) is 4.15. The number of benzene rings is 2. The van der Waals surface area contributed by atoms with E-state index in [-0.39, 0.29) is 18.4 Å². The molecule has 1 N–H and O–H groups in total. The molecule has 4 nitrogen and oxygen atoms in total. The largest absolute Gasteiger partial charge is 0.497 e. The number of carbonyl (C=O) groups is 1. The molecule has 0 saturated heterocycles. The predicted molar refractivity (Wildman–Crippen MR) is 92.5 cm³/mol. The Kier molecular flexibility index (Phi) is 5.16. The second-order valence-electron chi connectivity index (χ2n) is 6.27. The summed E-state index contributed by atoms with van der Waals surface area (Å²) in [6, 6.07) is 17.3. The van der Waals surface area contributed by atoms with Crippen molar-refractivity contribution in [3.8, 4) is 5.75 Å². The van der Waals surface area contributed by atoms with Gasteiger partial charge in [0.15, 0.2) is 0 Å². The van der Waals surface area contributed by atoms with Gasteiger partial charge in [-0.05, 0) is 36.1 Å². The Balaban J connectivity index is 1.73. The zero-order valence-electron chi connectivity index (χ0n) is 13.9. The van der Waals surface area contributed by atoms with Crippen molar-refractivity contribution in [2.45, 2.75) is 25.5 Å². The number of amides is 1. The Labute approximate surface area is 142 Å². The Bertz CT molecular complexity index is 682. The molecular weight excluding hydrogens is 302 g/mol. The van der Waals surface area contributed by atoms with Crippen molar-refractivity contribution < 1.29 is 14.6 Å². The fraction of sp³-hybridized carbons (Fsp3) is 0.350. The molecule has 0 aliphatic heterocycles. The van der Waals surface area contributed by atoms with Crippen molar-refractivity contribution in [1.29, 1.82) is 0 Å². The molecule has 1 unspecified atom stereocenters. The molecule has 24 heavy (non-hydrogen) atoms. The fourth-order valence-corrected chi connectivity index (χ4v) is 2.79. The van der Waals surface area contributed by atoms with Gasteiger partial charge < -0.3 is 14.7 Å². The number of rotatable bonds is 7. The molecular formula is C20H23NO3. The number of methoxy groups -OCH3 is 1. The zero-order chi connectivity index (χ0) is 16.9. The maximum atomic E-state index is 12.6. The highest BCUT2D eigenvalue weighted by Gasteiger charge is 2.34. The van der Waals surface area contributed by atoms with E-state index in [4.69, 9.17) is 4.74 Å². The number of hydrogen-bond acceptors (Lipinski definition) is 3. The van der Waals surface area contributed by atoms with Crippen LogP contribution >= 0.6 is 0 Å². The Morgan fingerprint density at radius 2 is 1.96 bits per heavy atom. The summed E-state index contributed by atoms with van der Waals surface area (Å²) < 4.78 is 5.21. The second-order valence-corrected chi connectivity index (χ2v) is 6.27. The van der Waals surface area contributed by atoms with Gasteiger partial charge in [0.1, 0.15) is 5.75 Å². The van der Waals surface area contributed by atoms with E-state index in [0.29, 0.717) is 12.3 Å². The van der Waals surface area contributed by atoms with Crippen LogP contribution in [0, 0.1) is 5.92 Å². The first-order valence-corrected chi connectivity index (χ1v) is 8.32. The third-order valence-electron chi connectivity index (χ3n) is 4.33. The molecule has 1 aliphatic rings. The van der Waals surface area contributed by atoms with Gasteiger partial charge in [-0.25, -0.2) is 0 Å². The molecule has 126 valence electrons. The average Bonchev–Trinajstić information content (AvgIpc) is 3.46. The van der Waals surface area contributed by atoms with Gasteiger partial charge in [0, 0.05) is 12.5 Å². The highest BCUT2D eigenvalue weighted by atomic mass is 16.5. The number of carbonyl (C=O) groups excluding carboxylic acids is 1. The molecule has 0 radical (unpaired) electrons. The van der Waals surface area contributed by atoms with Crippen LogP contribution in [0.3, 0.4) is 0 Å². The maximum Gasteiger partial charge on any atom is 0.226 e.